The molecule has 0 amide bonds. The lowest BCUT2D eigenvalue weighted by molar-refractivity contribution is 0.581. The fraction of sp³-hybridized carbons (Fsp3) is 0.238. The van der Waals surface area contributed by atoms with Crippen LogP contribution in [0.4, 0.5) is 20.3 Å². The molecule has 0 saturated carbocycles. The first-order valence-electron chi connectivity index (χ1n) is 9.01. The van der Waals surface area contributed by atoms with E-state index in [-0.39, 0.29) is 17.2 Å². The molecule has 0 N–H and O–H groups in total. The summed E-state index contributed by atoms with van der Waals surface area (Å²) in [7, 11) is 0. The van der Waals surface area contributed by atoms with E-state index in [0.717, 1.165) is 16.9 Å². The summed E-state index contributed by atoms with van der Waals surface area (Å²) in [6.07, 6.45) is 4.69. The fourth-order valence-corrected chi connectivity index (χ4v) is 3.37. The lowest BCUT2D eigenvalue weighted by Gasteiger charge is -2.30. The molecule has 0 spiro atoms. The van der Waals surface area contributed by atoms with Crippen LogP contribution in [0, 0.1) is 18.7 Å². The van der Waals surface area contributed by atoms with Gasteiger partial charge in [-0.05, 0) is 42.7 Å². The van der Waals surface area contributed by atoms with Gasteiger partial charge in [0.15, 0.2) is 0 Å². The number of nitrogens with zero attached hydrogens (tertiary/aromatic N) is 5. The molecule has 3 aromatic heterocycles. The Labute approximate surface area is 161 Å². The Hall–Kier alpha value is -3.22. The number of anilines is 2. The normalized spacial score (nSPS) is 13.1. The first-order valence-corrected chi connectivity index (χ1v) is 9.01. The van der Waals surface area contributed by atoms with Gasteiger partial charge >= 0.3 is 0 Å². The Morgan fingerprint density at radius 1 is 1.11 bits per heavy atom. The van der Waals surface area contributed by atoms with Crippen LogP contribution in [0.25, 0.3) is 11.3 Å². The van der Waals surface area contributed by atoms with E-state index in [1.54, 1.807) is 18.5 Å². The standard InChI is InChI=1S/C21H19F2N5/c1-12(2)17-19(13(3)6-8-25-17)28-11-24-10-14-9-16(22)18(27-21(14)28)15-5-4-7-26-20(15)23/h4-10,12H,11H2,1-3H3. The average molecular weight is 379 g/mol. The van der Waals surface area contributed by atoms with Gasteiger partial charge in [-0.2, -0.15) is 4.39 Å². The number of fused-ring (bicyclic) bond motifs is 1. The molecule has 7 heteroatoms. The number of aryl methyl sites for hydroxylation is 1. The van der Waals surface area contributed by atoms with Gasteiger partial charge in [0.2, 0.25) is 5.95 Å². The molecule has 4 heterocycles. The quantitative estimate of drug-likeness (QED) is 0.615. The van der Waals surface area contributed by atoms with Crippen LogP contribution in [0.15, 0.2) is 41.7 Å². The molecule has 0 bridgehead atoms. The molecule has 1 aliphatic rings. The Morgan fingerprint density at radius 2 is 1.93 bits per heavy atom. The second-order valence-electron chi connectivity index (χ2n) is 6.97. The highest BCUT2D eigenvalue weighted by molar-refractivity contribution is 5.92. The summed E-state index contributed by atoms with van der Waals surface area (Å²) in [5.74, 6) is -0.677. The molecule has 0 radical (unpaired) electrons. The molecule has 0 atom stereocenters. The minimum absolute atomic E-state index is 0.0252. The molecule has 0 fully saturated rings. The van der Waals surface area contributed by atoms with Crippen LogP contribution >= 0.6 is 0 Å². The molecule has 0 unspecified atom stereocenters. The Bertz CT molecular complexity index is 1080. The molecule has 0 aromatic carbocycles. The van der Waals surface area contributed by atoms with Gasteiger partial charge in [-0.15, -0.1) is 0 Å². The summed E-state index contributed by atoms with van der Waals surface area (Å²) in [6.45, 7) is 6.45. The van der Waals surface area contributed by atoms with Gasteiger partial charge in [0.05, 0.1) is 16.9 Å². The first kappa shape index (κ1) is 18.2. The van der Waals surface area contributed by atoms with Crippen molar-refractivity contribution in [3.8, 4) is 11.3 Å². The Morgan fingerprint density at radius 3 is 2.68 bits per heavy atom. The largest absolute Gasteiger partial charge is 0.304 e. The predicted octanol–water partition coefficient (Wildman–Crippen LogP) is 4.78. The number of hydrogen-bond acceptors (Lipinski definition) is 5. The zero-order valence-electron chi connectivity index (χ0n) is 15.8. The van der Waals surface area contributed by atoms with E-state index in [9.17, 15) is 8.78 Å². The van der Waals surface area contributed by atoms with Gasteiger partial charge in [-0.25, -0.2) is 14.4 Å². The lowest BCUT2D eigenvalue weighted by atomic mass is 10.0. The molecule has 4 rings (SSSR count). The topological polar surface area (TPSA) is 54.3 Å². The van der Waals surface area contributed by atoms with Gasteiger partial charge in [0.25, 0.3) is 0 Å². The summed E-state index contributed by atoms with van der Waals surface area (Å²) in [6, 6.07) is 6.28. The summed E-state index contributed by atoms with van der Waals surface area (Å²) in [5, 5.41) is 0. The minimum Gasteiger partial charge on any atom is -0.304 e. The highest BCUT2D eigenvalue weighted by Crippen LogP contribution is 2.37. The van der Waals surface area contributed by atoms with E-state index >= 15 is 0 Å². The Kier molecular flexibility index (Phi) is 4.58. The maximum Gasteiger partial charge on any atom is 0.222 e. The van der Waals surface area contributed by atoms with Crippen LogP contribution in [0.2, 0.25) is 0 Å². The third-order valence-corrected chi connectivity index (χ3v) is 4.68. The Balaban J connectivity index is 1.93. The van der Waals surface area contributed by atoms with Crippen LogP contribution in [-0.2, 0) is 0 Å². The van der Waals surface area contributed by atoms with E-state index in [1.165, 1.54) is 18.3 Å². The number of pyridine rings is 3. The lowest BCUT2D eigenvalue weighted by Crippen LogP contribution is -2.26. The second-order valence-corrected chi connectivity index (χ2v) is 6.97. The van der Waals surface area contributed by atoms with Crippen molar-refractivity contribution in [2.45, 2.75) is 26.7 Å². The first-order chi connectivity index (χ1) is 13.5. The molecule has 5 nitrogen and oxygen atoms in total. The molecule has 28 heavy (non-hydrogen) atoms. The van der Waals surface area contributed by atoms with Crippen LogP contribution in [-0.4, -0.2) is 27.8 Å². The van der Waals surface area contributed by atoms with Gasteiger partial charge in [0, 0.05) is 24.2 Å². The van der Waals surface area contributed by atoms with Crippen molar-refractivity contribution in [2.24, 2.45) is 4.99 Å². The predicted molar refractivity (Wildman–Crippen MR) is 105 cm³/mol. The number of aliphatic imine (C=N–C) groups is 1. The van der Waals surface area contributed by atoms with E-state index < -0.39 is 11.8 Å². The molecule has 142 valence electrons. The van der Waals surface area contributed by atoms with Crippen LogP contribution in [0.3, 0.4) is 0 Å². The fourth-order valence-electron chi connectivity index (χ4n) is 3.37. The second kappa shape index (κ2) is 7.07. The highest BCUT2D eigenvalue weighted by Gasteiger charge is 2.26. The zero-order valence-corrected chi connectivity index (χ0v) is 15.8. The molecule has 0 saturated heterocycles. The van der Waals surface area contributed by atoms with Gasteiger partial charge in [0.1, 0.15) is 24.0 Å². The van der Waals surface area contributed by atoms with Crippen molar-refractivity contribution < 1.29 is 8.78 Å². The molecule has 0 aliphatic carbocycles. The van der Waals surface area contributed by atoms with Crippen molar-refractivity contribution >= 4 is 17.7 Å². The smallest absolute Gasteiger partial charge is 0.222 e. The van der Waals surface area contributed by atoms with E-state index in [1.807, 2.05) is 17.9 Å². The van der Waals surface area contributed by atoms with Crippen LogP contribution in [0.5, 0.6) is 0 Å². The average Bonchev–Trinajstić information content (AvgIpc) is 2.67. The van der Waals surface area contributed by atoms with Crippen LogP contribution in [0.1, 0.15) is 36.6 Å². The maximum atomic E-state index is 14.7. The van der Waals surface area contributed by atoms with Gasteiger partial charge in [-0.3, -0.25) is 9.98 Å². The van der Waals surface area contributed by atoms with Crippen molar-refractivity contribution in [3.63, 3.8) is 0 Å². The third-order valence-electron chi connectivity index (χ3n) is 4.68. The van der Waals surface area contributed by atoms with Crippen LogP contribution < -0.4 is 4.90 Å². The molecule has 3 aromatic rings. The summed E-state index contributed by atoms with van der Waals surface area (Å²) in [4.78, 5) is 18.9. The molecule has 1 aliphatic heterocycles. The monoisotopic (exact) mass is 379 g/mol. The summed E-state index contributed by atoms with van der Waals surface area (Å²) < 4.78 is 28.9. The number of rotatable bonds is 3. The van der Waals surface area contributed by atoms with E-state index in [4.69, 9.17) is 0 Å². The van der Waals surface area contributed by atoms with Gasteiger partial charge in [-0.1, -0.05) is 13.8 Å². The third kappa shape index (κ3) is 3.02. The van der Waals surface area contributed by atoms with E-state index in [0.29, 0.717) is 18.1 Å². The number of halogens is 2. The zero-order chi connectivity index (χ0) is 19.8. The van der Waals surface area contributed by atoms with Crippen molar-refractivity contribution in [3.05, 3.63) is 65.2 Å². The maximum absolute atomic E-state index is 14.7. The van der Waals surface area contributed by atoms with Crippen molar-refractivity contribution in [1.82, 2.24) is 15.0 Å². The minimum atomic E-state index is -0.759. The summed E-state index contributed by atoms with van der Waals surface area (Å²) >= 11 is 0. The SMILES string of the molecule is Cc1ccnc(C(C)C)c1N1CN=Cc2cc(F)c(-c3cccnc3F)nc21. The summed E-state index contributed by atoms with van der Waals surface area (Å²) in [5.41, 5.74) is 3.31. The molecular weight excluding hydrogens is 360 g/mol. The molecular formula is C21H19F2N5. The van der Waals surface area contributed by atoms with Crippen molar-refractivity contribution in [1.29, 1.82) is 0 Å². The number of hydrogen-bond donors (Lipinski definition) is 0. The highest BCUT2D eigenvalue weighted by atomic mass is 19.1. The van der Waals surface area contributed by atoms with E-state index in [2.05, 4.69) is 33.8 Å². The van der Waals surface area contributed by atoms with Gasteiger partial charge < -0.3 is 4.90 Å². The number of aromatic nitrogens is 3. The van der Waals surface area contributed by atoms with Crippen molar-refractivity contribution in [2.75, 3.05) is 11.6 Å².